The third-order valence-electron chi connectivity index (χ3n) is 7.84. The molecule has 3 heterocycles. The number of pyridine rings is 1. The fraction of sp³-hybridized carbons (Fsp3) is 0.281. The van der Waals surface area contributed by atoms with Gasteiger partial charge in [-0.1, -0.05) is 12.1 Å². The van der Waals surface area contributed by atoms with Gasteiger partial charge in [0.15, 0.2) is 6.29 Å². The highest BCUT2D eigenvalue weighted by molar-refractivity contribution is 6.11. The minimum atomic E-state index is -1.24. The van der Waals surface area contributed by atoms with E-state index in [0.29, 0.717) is 38.6 Å². The Kier molecular flexibility index (Phi) is 7.59. The van der Waals surface area contributed by atoms with Crippen molar-refractivity contribution in [3.63, 3.8) is 0 Å². The Bertz CT molecular complexity index is 1650. The first-order chi connectivity index (χ1) is 19.9. The lowest BCUT2D eigenvalue weighted by Crippen LogP contribution is -2.46. The zero-order chi connectivity index (χ0) is 28.5. The zero-order valence-corrected chi connectivity index (χ0v) is 23.0. The summed E-state index contributed by atoms with van der Waals surface area (Å²) in [4.78, 5) is 8.83. The van der Waals surface area contributed by atoms with Crippen molar-refractivity contribution in [1.29, 1.82) is 0 Å². The first-order valence-corrected chi connectivity index (χ1v) is 13.5. The predicted octanol–water partition coefficient (Wildman–Crippen LogP) is 5.38. The van der Waals surface area contributed by atoms with Gasteiger partial charge in [-0.15, -0.1) is 0 Å². The van der Waals surface area contributed by atoms with Crippen LogP contribution in [0.3, 0.4) is 0 Å². The number of fused-ring (bicyclic) bond motifs is 3. The van der Waals surface area contributed by atoms with Gasteiger partial charge in [0.1, 0.15) is 35.8 Å². The normalized spacial score (nSPS) is 16.3. The molecule has 0 radical (unpaired) electrons. The lowest BCUT2D eigenvalue weighted by Gasteiger charge is -2.39. The number of aliphatic hydroxyl groups excluding tert-OH is 1. The maximum Gasteiger partial charge on any atom is 0.184 e. The van der Waals surface area contributed by atoms with Crippen LogP contribution in [-0.2, 0) is 11.3 Å². The van der Waals surface area contributed by atoms with Crippen LogP contribution in [0.1, 0.15) is 34.6 Å². The van der Waals surface area contributed by atoms with Gasteiger partial charge in [-0.05, 0) is 60.6 Å². The first kappa shape index (κ1) is 27.2. The number of methoxy groups -OCH3 is 1. The second-order valence-electron chi connectivity index (χ2n) is 10.4. The number of phenols is 1. The van der Waals surface area contributed by atoms with Crippen molar-refractivity contribution in [3.8, 4) is 11.5 Å². The lowest BCUT2D eigenvalue weighted by molar-refractivity contribution is -0.0763. The highest BCUT2D eigenvalue weighted by atomic mass is 19.1. The van der Waals surface area contributed by atoms with Crippen LogP contribution in [0.15, 0.2) is 77.7 Å². The fourth-order valence-corrected chi connectivity index (χ4v) is 5.63. The molecule has 2 aromatic heterocycles. The summed E-state index contributed by atoms with van der Waals surface area (Å²) in [6, 6.07) is 15.1. The van der Waals surface area contributed by atoms with Crippen LogP contribution < -0.4 is 4.74 Å². The number of rotatable bonds is 8. The number of hydrogen-bond donors (Lipinski definition) is 2. The van der Waals surface area contributed by atoms with Crippen molar-refractivity contribution in [2.24, 2.45) is 0 Å². The van der Waals surface area contributed by atoms with Crippen molar-refractivity contribution in [2.75, 3.05) is 40.3 Å². The molecule has 2 N–H and O–H groups in total. The highest BCUT2D eigenvalue weighted by Crippen LogP contribution is 2.48. The molecule has 3 aromatic carbocycles. The number of aromatic hydroxyl groups is 1. The third-order valence-corrected chi connectivity index (χ3v) is 7.84. The molecule has 9 heteroatoms. The highest BCUT2D eigenvalue weighted by Gasteiger charge is 2.33. The fourth-order valence-electron chi connectivity index (χ4n) is 5.63. The molecule has 6 rings (SSSR count). The molecule has 0 bridgehead atoms. The molecular formula is C32H32FN3O5. The average molecular weight is 558 g/mol. The molecule has 1 fully saturated rings. The molecule has 0 saturated carbocycles. The van der Waals surface area contributed by atoms with Crippen LogP contribution in [0, 0.1) is 5.82 Å². The molecule has 0 amide bonds. The summed E-state index contributed by atoms with van der Waals surface area (Å²) in [6.45, 7) is 3.55. The zero-order valence-electron chi connectivity index (χ0n) is 23.0. The van der Waals surface area contributed by atoms with Crippen LogP contribution in [0.4, 0.5) is 4.39 Å². The van der Waals surface area contributed by atoms with E-state index >= 15 is 0 Å². The van der Waals surface area contributed by atoms with E-state index in [-0.39, 0.29) is 24.2 Å². The third kappa shape index (κ3) is 5.25. The Morgan fingerprint density at radius 2 is 1.73 bits per heavy atom. The van der Waals surface area contributed by atoms with Crippen molar-refractivity contribution in [3.05, 3.63) is 101 Å². The molecule has 1 aliphatic heterocycles. The Morgan fingerprint density at radius 3 is 2.44 bits per heavy atom. The Balaban J connectivity index is 1.54. The summed E-state index contributed by atoms with van der Waals surface area (Å²) in [7, 11) is 3.52. The van der Waals surface area contributed by atoms with Crippen molar-refractivity contribution in [1.82, 2.24) is 14.8 Å². The Morgan fingerprint density at radius 1 is 1.00 bits per heavy atom. The Hall–Kier alpha value is -4.02. The summed E-state index contributed by atoms with van der Waals surface area (Å²) in [5.74, 6) is 0.319. The number of furan rings is 1. The summed E-state index contributed by atoms with van der Waals surface area (Å²) in [6.07, 6.45) is 3.74. The molecule has 212 valence electrons. The molecule has 0 spiro atoms. The number of halogens is 1. The van der Waals surface area contributed by atoms with E-state index in [4.69, 9.17) is 13.9 Å². The van der Waals surface area contributed by atoms with E-state index in [1.165, 1.54) is 25.5 Å². The van der Waals surface area contributed by atoms with Crippen LogP contribution in [-0.4, -0.2) is 65.3 Å². The molecule has 1 saturated heterocycles. The SMILES string of the molecule is COC(O)c1coc2c1c(C(c1ccncc1)N1CCN(C)CC1)c(O)c1cc(OCc3ccc(F)cc3)ccc12. The van der Waals surface area contributed by atoms with Gasteiger partial charge in [0.2, 0.25) is 0 Å². The molecule has 1 aliphatic rings. The van der Waals surface area contributed by atoms with Gasteiger partial charge in [-0.2, -0.15) is 0 Å². The van der Waals surface area contributed by atoms with E-state index in [9.17, 15) is 14.6 Å². The van der Waals surface area contributed by atoms with Crippen molar-refractivity contribution >= 4 is 21.7 Å². The molecule has 8 nitrogen and oxygen atoms in total. The molecule has 5 aromatic rings. The average Bonchev–Trinajstić information content (AvgIpc) is 3.44. The lowest BCUT2D eigenvalue weighted by atomic mass is 9.89. The van der Waals surface area contributed by atoms with E-state index in [0.717, 1.165) is 37.3 Å². The quantitative estimate of drug-likeness (QED) is 0.246. The van der Waals surface area contributed by atoms with Crippen LogP contribution in [0.25, 0.3) is 21.7 Å². The van der Waals surface area contributed by atoms with Gasteiger partial charge in [0.25, 0.3) is 0 Å². The van der Waals surface area contributed by atoms with Gasteiger partial charge >= 0.3 is 0 Å². The monoisotopic (exact) mass is 557 g/mol. The van der Waals surface area contributed by atoms with Gasteiger partial charge in [-0.3, -0.25) is 9.88 Å². The smallest absolute Gasteiger partial charge is 0.184 e. The number of phenolic OH excluding ortho intramolecular Hbond substituents is 1. The molecule has 2 unspecified atom stereocenters. The topological polar surface area (TPSA) is 91.4 Å². The van der Waals surface area contributed by atoms with Crippen LogP contribution >= 0.6 is 0 Å². The second-order valence-corrected chi connectivity index (χ2v) is 10.4. The predicted molar refractivity (Wildman–Crippen MR) is 153 cm³/mol. The number of benzene rings is 3. The number of ether oxygens (including phenoxy) is 2. The standard InChI is InChI=1S/C32H32FN3O5/c1-35-13-15-36(16-14-35)29(21-9-11-34-12-10-21)28-27-26(32(38)39-2)19-41-31(27)24-8-7-23(17-25(24)30(28)37)40-18-20-3-5-22(33)6-4-20/h3-12,17,19,29,32,37-38H,13-16,18H2,1-2H3. The summed E-state index contributed by atoms with van der Waals surface area (Å²) >= 11 is 0. The Labute approximate surface area is 237 Å². The molecule has 41 heavy (non-hydrogen) atoms. The van der Waals surface area contributed by atoms with Gasteiger partial charge in [0, 0.05) is 67.4 Å². The summed E-state index contributed by atoms with van der Waals surface area (Å²) in [5, 5.41) is 24.7. The number of piperazine rings is 1. The van der Waals surface area contributed by atoms with Crippen LogP contribution in [0.2, 0.25) is 0 Å². The maximum absolute atomic E-state index is 13.3. The second kappa shape index (κ2) is 11.5. The number of hydrogen-bond acceptors (Lipinski definition) is 8. The minimum absolute atomic E-state index is 0.0754. The van der Waals surface area contributed by atoms with Gasteiger partial charge in [-0.25, -0.2) is 4.39 Å². The molecular weight excluding hydrogens is 525 g/mol. The van der Waals surface area contributed by atoms with E-state index in [1.807, 2.05) is 18.2 Å². The number of likely N-dealkylation sites (N-methyl/N-ethyl adjacent to an activating group) is 1. The minimum Gasteiger partial charge on any atom is -0.507 e. The number of aromatic nitrogens is 1. The van der Waals surface area contributed by atoms with E-state index in [2.05, 4.69) is 21.8 Å². The van der Waals surface area contributed by atoms with Gasteiger partial charge in [0.05, 0.1) is 11.6 Å². The molecule has 0 aliphatic carbocycles. The van der Waals surface area contributed by atoms with Gasteiger partial charge < -0.3 is 29.0 Å². The summed E-state index contributed by atoms with van der Waals surface area (Å²) in [5.41, 5.74) is 3.39. The van der Waals surface area contributed by atoms with Crippen molar-refractivity contribution in [2.45, 2.75) is 18.9 Å². The van der Waals surface area contributed by atoms with Crippen LogP contribution in [0.5, 0.6) is 11.5 Å². The molecule has 2 atom stereocenters. The van der Waals surface area contributed by atoms with E-state index in [1.54, 1.807) is 36.7 Å². The summed E-state index contributed by atoms with van der Waals surface area (Å²) < 4.78 is 30.8. The van der Waals surface area contributed by atoms with E-state index < -0.39 is 6.29 Å². The number of aliphatic hydroxyl groups is 1. The number of nitrogens with zero attached hydrogens (tertiary/aromatic N) is 3. The van der Waals surface area contributed by atoms with Crippen molar-refractivity contribution < 1.29 is 28.5 Å². The first-order valence-electron chi connectivity index (χ1n) is 13.5. The maximum atomic E-state index is 13.3. The largest absolute Gasteiger partial charge is 0.507 e.